The van der Waals surface area contributed by atoms with Gasteiger partial charge in [-0.05, 0) is 105 Å². The Kier molecular flexibility index (Phi) is 4.35. The van der Waals surface area contributed by atoms with E-state index in [1.807, 2.05) is 0 Å². The Morgan fingerprint density at radius 2 is 0.778 bits per heavy atom. The molecular formula is C45H26. The largest absolute Gasteiger partial charge is 0.0725 e. The molecule has 45 heavy (non-hydrogen) atoms. The molecule has 0 unspecified atom stereocenters. The third kappa shape index (κ3) is 2.71. The van der Waals surface area contributed by atoms with Crippen LogP contribution in [-0.2, 0) is 5.41 Å². The first-order chi connectivity index (χ1) is 22.4. The Hall–Kier alpha value is -5.72. The van der Waals surface area contributed by atoms with Crippen molar-refractivity contribution in [3.63, 3.8) is 0 Å². The molecule has 0 saturated carbocycles. The molecule has 0 fully saturated rings. The zero-order chi connectivity index (χ0) is 29.3. The summed E-state index contributed by atoms with van der Waals surface area (Å²) in [7, 11) is 0. The zero-order valence-corrected chi connectivity index (χ0v) is 24.5. The summed E-state index contributed by atoms with van der Waals surface area (Å²) in [4.78, 5) is 0. The fourth-order valence-electron chi connectivity index (χ4n) is 9.23. The van der Waals surface area contributed by atoms with Gasteiger partial charge in [-0.15, -0.1) is 0 Å². The lowest BCUT2D eigenvalue weighted by Gasteiger charge is -2.31. The summed E-state index contributed by atoms with van der Waals surface area (Å²) >= 11 is 0. The molecule has 1 spiro atoms. The molecule has 0 bridgehead atoms. The van der Waals surface area contributed by atoms with Crippen molar-refractivity contribution in [1.29, 1.82) is 0 Å². The summed E-state index contributed by atoms with van der Waals surface area (Å²) in [6.07, 6.45) is 0. The van der Waals surface area contributed by atoms with E-state index in [0.29, 0.717) is 0 Å². The molecule has 0 N–H and O–H groups in total. The zero-order valence-electron chi connectivity index (χ0n) is 24.5. The summed E-state index contributed by atoms with van der Waals surface area (Å²) < 4.78 is 0. The molecule has 0 atom stereocenters. The van der Waals surface area contributed by atoms with Gasteiger partial charge in [-0.2, -0.15) is 0 Å². The van der Waals surface area contributed by atoms with Gasteiger partial charge in [0.25, 0.3) is 0 Å². The van der Waals surface area contributed by atoms with E-state index in [0.717, 1.165) is 0 Å². The van der Waals surface area contributed by atoms with Gasteiger partial charge >= 0.3 is 0 Å². The Labute approximate surface area is 261 Å². The molecule has 0 aromatic heterocycles. The lowest BCUT2D eigenvalue weighted by Crippen LogP contribution is -2.25. The minimum absolute atomic E-state index is 0.364. The Balaban J connectivity index is 1.32. The van der Waals surface area contributed by atoms with Crippen LogP contribution in [-0.4, -0.2) is 0 Å². The monoisotopic (exact) mass is 566 g/mol. The molecule has 0 aliphatic heterocycles. The maximum atomic E-state index is 2.58. The van der Waals surface area contributed by atoms with E-state index in [1.165, 1.54) is 99.4 Å². The van der Waals surface area contributed by atoms with Crippen LogP contribution in [0.15, 0.2) is 158 Å². The Morgan fingerprint density at radius 1 is 0.289 bits per heavy atom. The van der Waals surface area contributed by atoms with Gasteiger partial charge < -0.3 is 0 Å². The molecule has 3 aliphatic rings. The first kappa shape index (κ1) is 23.7. The van der Waals surface area contributed by atoms with Crippen LogP contribution in [0.4, 0.5) is 0 Å². The molecule has 8 aromatic carbocycles. The fraction of sp³-hybridized carbons (Fsp3) is 0.0222. The third-order valence-electron chi connectivity index (χ3n) is 10.8. The number of hydrogen-bond acceptors (Lipinski definition) is 0. The smallest absolute Gasteiger partial charge is 0.0619 e. The van der Waals surface area contributed by atoms with Crippen molar-refractivity contribution in [1.82, 2.24) is 0 Å². The van der Waals surface area contributed by atoms with E-state index in [4.69, 9.17) is 0 Å². The molecule has 0 amide bonds. The van der Waals surface area contributed by atoms with Gasteiger partial charge in [-0.25, -0.2) is 0 Å². The van der Waals surface area contributed by atoms with Gasteiger partial charge in [0.15, 0.2) is 0 Å². The van der Waals surface area contributed by atoms with Crippen LogP contribution < -0.4 is 0 Å². The van der Waals surface area contributed by atoms with Crippen LogP contribution in [0.5, 0.6) is 0 Å². The van der Waals surface area contributed by atoms with Gasteiger partial charge in [-0.3, -0.25) is 0 Å². The average Bonchev–Trinajstić information content (AvgIpc) is 3.71. The molecular weight excluding hydrogens is 540 g/mol. The van der Waals surface area contributed by atoms with Crippen molar-refractivity contribution in [3.05, 3.63) is 180 Å². The van der Waals surface area contributed by atoms with Crippen LogP contribution >= 0.6 is 0 Å². The third-order valence-corrected chi connectivity index (χ3v) is 10.8. The predicted octanol–water partition coefficient (Wildman–Crippen LogP) is 11.7. The number of benzene rings is 8. The molecule has 206 valence electrons. The van der Waals surface area contributed by atoms with E-state index in [9.17, 15) is 0 Å². The highest BCUT2D eigenvalue weighted by Gasteiger charge is 2.52. The second-order valence-corrected chi connectivity index (χ2v) is 12.7. The van der Waals surface area contributed by atoms with Crippen molar-refractivity contribution < 1.29 is 0 Å². The molecule has 0 radical (unpaired) electrons. The summed E-state index contributed by atoms with van der Waals surface area (Å²) in [5.74, 6) is 0. The number of hydrogen-bond donors (Lipinski definition) is 0. The van der Waals surface area contributed by atoms with Crippen LogP contribution in [0.2, 0.25) is 0 Å². The molecule has 11 rings (SSSR count). The van der Waals surface area contributed by atoms with Gasteiger partial charge in [-0.1, -0.05) is 152 Å². The van der Waals surface area contributed by atoms with Gasteiger partial charge in [0.2, 0.25) is 0 Å². The molecule has 0 nitrogen and oxygen atoms in total. The maximum absolute atomic E-state index is 2.58. The standard InChI is InChI=1S/C45H26/c1-2-14-28-27(12-1)13-9-18-29(28)32-19-10-20-33-34-21-11-22-36-43(34)37(42(32)33)26-41-44(36)35-17-5-8-25-40(35)45(41)38-23-6-3-15-30(38)31-16-4-7-24-39(31)45/h1-26H. The molecule has 0 saturated heterocycles. The molecule has 8 aromatic rings. The average molecular weight is 567 g/mol. The van der Waals surface area contributed by atoms with Gasteiger partial charge in [0.1, 0.15) is 0 Å². The predicted molar refractivity (Wildman–Crippen MR) is 188 cm³/mol. The van der Waals surface area contributed by atoms with Crippen molar-refractivity contribution >= 4 is 21.5 Å². The molecule has 0 heterocycles. The normalized spacial score (nSPS) is 14.0. The van der Waals surface area contributed by atoms with E-state index in [2.05, 4.69) is 158 Å². The topological polar surface area (TPSA) is 0 Å². The maximum Gasteiger partial charge on any atom is 0.0725 e. The van der Waals surface area contributed by atoms with Crippen LogP contribution in [0.1, 0.15) is 22.3 Å². The van der Waals surface area contributed by atoms with E-state index in [1.54, 1.807) is 0 Å². The highest BCUT2D eigenvalue weighted by atomic mass is 14.5. The fourth-order valence-corrected chi connectivity index (χ4v) is 9.23. The quantitative estimate of drug-likeness (QED) is 0.185. The summed E-state index contributed by atoms with van der Waals surface area (Å²) in [5.41, 5.74) is 18.6. The van der Waals surface area contributed by atoms with Crippen molar-refractivity contribution in [2.75, 3.05) is 0 Å². The summed E-state index contributed by atoms with van der Waals surface area (Å²) in [5, 5.41) is 5.30. The first-order valence-corrected chi connectivity index (χ1v) is 15.9. The summed E-state index contributed by atoms with van der Waals surface area (Å²) in [6.45, 7) is 0. The van der Waals surface area contributed by atoms with Gasteiger partial charge in [0.05, 0.1) is 5.41 Å². The number of fused-ring (bicyclic) bond motifs is 15. The van der Waals surface area contributed by atoms with Crippen molar-refractivity contribution in [2.24, 2.45) is 0 Å². The highest BCUT2D eigenvalue weighted by Crippen LogP contribution is 2.66. The lowest BCUT2D eigenvalue weighted by molar-refractivity contribution is 0.795. The minimum Gasteiger partial charge on any atom is -0.0619 e. The van der Waals surface area contributed by atoms with E-state index in [-0.39, 0.29) is 5.41 Å². The lowest BCUT2D eigenvalue weighted by atomic mass is 9.70. The van der Waals surface area contributed by atoms with Crippen molar-refractivity contribution in [3.8, 4) is 55.6 Å². The van der Waals surface area contributed by atoms with Crippen molar-refractivity contribution in [2.45, 2.75) is 5.41 Å². The van der Waals surface area contributed by atoms with Gasteiger partial charge in [0, 0.05) is 0 Å². The minimum atomic E-state index is -0.364. The highest BCUT2D eigenvalue weighted by molar-refractivity contribution is 6.23. The molecule has 0 heteroatoms. The van der Waals surface area contributed by atoms with Crippen LogP contribution in [0.25, 0.3) is 77.2 Å². The van der Waals surface area contributed by atoms with Crippen LogP contribution in [0, 0.1) is 0 Å². The van der Waals surface area contributed by atoms with Crippen LogP contribution in [0.3, 0.4) is 0 Å². The first-order valence-electron chi connectivity index (χ1n) is 15.9. The molecule has 3 aliphatic carbocycles. The second-order valence-electron chi connectivity index (χ2n) is 12.7. The van der Waals surface area contributed by atoms with E-state index < -0.39 is 0 Å². The van der Waals surface area contributed by atoms with E-state index >= 15 is 0 Å². The Morgan fingerprint density at radius 3 is 1.56 bits per heavy atom. The second kappa shape index (κ2) is 8.25. The Bertz CT molecular complexity index is 2550. The SMILES string of the molecule is c1ccc2c(c1)-c1ccccc1C21c2ccccc2-c2c1cc1c3c(cccc23)-c2cccc(-c3cccc4ccccc34)c2-1. The number of rotatable bonds is 1. The summed E-state index contributed by atoms with van der Waals surface area (Å²) in [6, 6.07) is 59.3.